The molecule has 0 aliphatic carbocycles. The van der Waals surface area contributed by atoms with Crippen LogP contribution in [0.4, 0.5) is 0 Å². The van der Waals surface area contributed by atoms with Crippen molar-refractivity contribution in [1.29, 1.82) is 0 Å². The Morgan fingerprint density at radius 1 is 1.12 bits per heavy atom. The van der Waals surface area contributed by atoms with Crippen LogP contribution in [-0.2, 0) is 17.8 Å². The van der Waals surface area contributed by atoms with Crippen LogP contribution in [0.25, 0.3) is 17.1 Å². The summed E-state index contributed by atoms with van der Waals surface area (Å²) in [6.45, 7) is 5.04. The highest BCUT2D eigenvalue weighted by atomic mass is 32.1. The number of aromatic amines is 1. The van der Waals surface area contributed by atoms with E-state index in [9.17, 15) is 4.79 Å². The number of ether oxygens (including phenoxy) is 1. The van der Waals surface area contributed by atoms with E-state index in [2.05, 4.69) is 50.9 Å². The van der Waals surface area contributed by atoms with Gasteiger partial charge in [0.2, 0.25) is 5.91 Å². The Balaban J connectivity index is 1.28. The number of aryl methyl sites for hydroxylation is 2. The van der Waals surface area contributed by atoms with Crippen molar-refractivity contribution < 1.29 is 9.53 Å². The van der Waals surface area contributed by atoms with Crippen LogP contribution >= 0.6 is 12.2 Å². The molecule has 4 rings (SSSR count). The summed E-state index contributed by atoms with van der Waals surface area (Å²) in [6, 6.07) is 17.9. The molecule has 2 aromatic carbocycles. The lowest BCUT2D eigenvalue weighted by molar-refractivity contribution is -0.121. The molecule has 0 atom stereocenters. The molecule has 2 N–H and O–H groups in total. The monoisotopic (exact) mass is 476 g/mol. The van der Waals surface area contributed by atoms with E-state index in [4.69, 9.17) is 17.0 Å². The fourth-order valence-corrected chi connectivity index (χ4v) is 4.05. The zero-order valence-electron chi connectivity index (χ0n) is 19.5. The predicted molar refractivity (Wildman–Crippen MR) is 134 cm³/mol. The molecule has 2 aromatic heterocycles. The number of hydrogen-bond acceptors (Lipinski definition) is 5. The van der Waals surface area contributed by atoms with Gasteiger partial charge in [0.05, 0.1) is 18.5 Å². The van der Waals surface area contributed by atoms with E-state index < -0.39 is 0 Å². The van der Waals surface area contributed by atoms with Gasteiger partial charge in [-0.15, -0.1) is 0 Å². The van der Waals surface area contributed by atoms with Gasteiger partial charge in [-0.1, -0.05) is 12.1 Å². The Labute approximate surface area is 203 Å². The lowest BCUT2D eigenvalue weighted by atomic mass is 10.1. The second-order valence-corrected chi connectivity index (χ2v) is 8.47. The van der Waals surface area contributed by atoms with Crippen molar-refractivity contribution in [2.24, 2.45) is 0 Å². The first-order valence-corrected chi connectivity index (χ1v) is 11.5. The molecular weight excluding hydrogens is 448 g/mol. The molecule has 0 unspecified atom stereocenters. The number of carbonyl (C=O) groups excluding carboxylic acids is 1. The molecule has 0 aliphatic rings. The van der Waals surface area contributed by atoms with E-state index in [0.717, 1.165) is 40.4 Å². The van der Waals surface area contributed by atoms with E-state index in [-0.39, 0.29) is 5.91 Å². The number of H-pyrrole nitrogens is 1. The first-order chi connectivity index (χ1) is 16.4. The van der Waals surface area contributed by atoms with Crippen molar-refractivity contribution in [3.8, 4) is 22.8 Å². The van der Waals surface area contributed by atoms with Crippen LogP contribution in [0.3, 0.4) is 0 Å². The first kappa shape index (κ1) is 23.4. The zero-order valence-corrected chi connectivity index (χ0v) is 20.4. The number of benzene rings is 2. The number of amides is 1. The van der Waals surface area contributed by atoms with Gasteiger partial charge in [-0.05, 0) is 80.5 Å². The van der Waals surface area contributed by atoms with Crippen LogP contribution in [0.2, 0.25) is 0 Å². The molecule has 176 valence electrons. The minimum Gasteiger partial charge on any atom is -0.497 e. The number of methoxy groups -OCH3 is 1. The molecule has 4 aromatic rings. The Morgan fingerprint density at radius 3 is 2.50 bits per heavy atom. The minimum atomic E-state index is -0.0250. The standard InChI is InChI=1S/C25H28N6O2S/c1-17-16-18(2)31(29-17)21-8-4-19(5-9-21)12-14-26-23(32)13-15-30-24(27-28-25(30)34)20-6-10-22(33-3)11-7-20/h4-11,16H,12-15H2,1-3H3,(H,26,32)(H,28,34). The van der Waals surface area contributed by atoms with Crippen molar-refractivity contribution in [3.63, 3.8) is 0 Å². The Kier molecular flexibility index (Phi) is 7.22. The Morgan fingerprint density at radius 2 is 1.85 bits per heavy atom. The second-order valence-electron chi connectivity index (χ2n) is 8.09. The van der Waals surface area contributed by atoms with Gasteiger partial charge in [0.1, 0.15) is 5.75 Å². The van der Waals surface area contributed by atoms with Gasteiger partial charge >= 0.3 is 0 Å². The van der Waals surface area contributed by atoms with E-state index >= 15 is 0 Å². The van der Waals surface area contributed by atoms with Gasteiger partial charge < -0.3 is 10.1 Å². The van der Waals surface area contributed by atoms with Gasteiger partial charge in [0.25, 0.3) is 0 Å². The number of rotatable bonds is 9. The summed E-state index contributed by atoms with van der Waals surface area (Å²) in [6.07, 6.45) is 1.07. The highest BCUT2D eigenvalue weighted by molar-refractivity contribution is 7.71. The molecule has 34 heavy (non-hydrogen) atoms. The van der Waals surface area contributed by atoms with Gasteiger partial charge in [-0.2, -0.15) is 10.2 Å². The normalized spacial score (nSPS) is 10.9. The third-order valence-electron chi connectivity index (χ3n) is 5.60. The topological polar surface area (TPSA) is 89.8 Å². The molecule has 0 saturated carbocycles. The molecule has 1 amide bonds. The maximum Gasteiger partial charge on any atom is 0.221 e. The zero-order chi connectivity index (χ0) is 24.1. The molecule has 0 saturated heterocycles. The average Bonchev–Trinajstić information content (AvgIpc) is 3.38. The summed E-state index contributed by atoms with van der Waals surface area (Å²) in [4.78, 5) is 12.4. The fraction of sp³-hybridized carbons (Fsp3) is 0.280. The average molecular weight is 477 g/mol. The smallest absolute Gasteiger partial charge is 0.221 e. The summed E-state index contributed by atoms with van der Waals surface area (Å²) in [5, 5.41) is 14.7. The summed E-state index contributed by atoms with van der Waals surface area (Å²) >= 11 is 5.36. The molecule has 9 heteroatoms. The summed E-state index contributed by atoms with van der Waals surface area (Å²) in [7, 11) is 1.63. The SMILES string of the molecule is COc1ccc(-c2n[nH]c(=S)n2CCC(=O)NCCc2ccc(-n3nc(C)cc3C)cc2)cc1. The molecule has 2 heterocycles. The Bertz CT molecular complexity index is 1320. The molecule has 0 bridgehead atoms. The predicted octanol–water partition coefficient (Wildman–Crippen LogP) is 4.17. The molecule has 0 radical (unpaired) electrons. The van der Waals surface area contributed by atoms with Crippen LogP contribution in [0.1, 0.15) is 23.4 Å². The first-order valence-electron chi connectivity index (χ1n) is 11.1. The van der Waals surface area contributed by atoms with Crippen LogP contribution in [-0.4, -0.2) is 44.1 Å². The van der Waals surface area contributed by atoms with Gasteiger partial charge in [0.15, 0.2) is 10.6 Å². The van der Waals surface area contributed by atoms with Crippen molar-refractivity contribution in [2.45, 2.75) is 33.2 Å². The largest absolute Gasteiger partial charge is 0.497 e. The van der Waals surface area contributed by atoms with E-state index in [1.54, 1.807) is 7.11 Å². The third kappa shape index (κ3) is 5.43. The summed E-state index contributed by atoms with van der Waals surface area (Å²) in [5.74, 6) is 1.44. The quantitative estimate of drug-likeness (QED) is 0.354. The maximum atomic E-state index is 12.4. The minimum absolute atomic E-state index is 0.0250. The Hall–Kier alpha value is -3.72. The molecule has 8 nitrogen and oxygen atoms in total. The molecule has 0 spiro atoms. The van der Waals surface area contributed by atoms with Crippen LogP contribution < -0.4 is 10.1 Å². The van der Waals surface area contributed by atoms with Crippen LogP contribution in [0.15, 0.2) is 54.6 Å². The molecule has 0 fully saturated rings. The van der Waals surface area contributed by atoms with Gasteiger partial charge in [-0.25, -0.2) is 4.68 Å². The second kappa shape index (κ2) is 10.5. The van der Waals surface area contributed by atoms with Crippen LogP contribution in [0.5, 0.6) is 5.75 Å². The fourth-order valence-electron chi connectivity index (χ4n) is 3.83. The summed E-state index contributed by atoms with van der Waals surface area (Å²) in [5.41, 5.74) is 5.19. The summed E-state index contributed by atoms with van der Waals surface area (Å²) < 4.78 is 9.47. The van der Waals surface area contributed by atoms with Crippen LogP contribution in [0, 0.1) is 18.6 Å². The van der Waals surface area contributed by atoms with E-state index in [1.165, 1.54) is 0 Å². The molecular formula is C25H28N6O2S. The lowest BCUT2D eigenvalue weighted by Crippen LogP contribution is -2.26. The van der Waals surface area contributed by atoms with Crippen molar-refractivity contribution in [3.05, 3.63) is 76.3 Å². The maximum absolute atomic E-state index is 12.4. The van der Waals surface area contributed by atoms with Crippen molar-refractivity contribution in [2.75, 3.05) is 13.7 Å². The van der Waals surface area contributed by atoms with Crippen molar-refractivity contribution in [1.82, 2.24) is 29.9 Å². The number of nitrogens with one attached hydrogen (secondary N) is 2. The number of hydrogen-bond donors (Lipinski definition) is 2. The number of carbonyl (C=O) groups is 1. The van der Waals surface area contributed by atoms with E-state index in [0.29, 0.717) is 30.1 Å². The number of aromatic nitrogens is 5. The van der Waals surface area contributed by atoms with E-state index in [1.807, 2.05) is 47.4 Å². The van der Waals surface area contributed by atoms with Crippen molar-refractivity contribution >= 4 is 18.1 Å². The third-order valence-corrected chi connectivity index (χ3v) is 5.91. The highest BCUT2D eigenvalue weighted by Gasteiger charge is 2.11. The van der Waals surface area contributed by atoms with Gasteiger partial charge in [-0.3, -0.25) is 14.5 Å². The highest BCUT2D eigenvalue weighted by Crippen LogP contribution is 2.21. The number of nitrogens with zero attached hydrogens (tertiary/aromatic N) is 4. The molecule has 0 aliphatic heterocycles. The van der Waals surface area contributed by atoms with Gasteiger partial charge in [0, 0.05) is 30.8 Å². The lowest BCUT2D eigenvalue weighted by Gasteiger charge is -2.09.